The molecular formula is C22H23NO4S. The van der Waals surface area contributed by atoms with E-state index in [9.17, 15) is 9.59 Å². The van der Waals surface area contributed by atoms with Crippen LogP contribution in [0.2, 0.25) is 0 Å². The van der Waals surface area contributed by atoms with Gasteiger partial charge in [0.05, 0.1) is 14.2 Å². The summed E-state index contributed by atoms with van der Waals surface area (Å²) in [5, 5.41) is -0.299. The maximum absolute atomic E-state index is 13.2. The van der Waals surface area contributed by atoms with Gasteiger partial charge in [-0.15, -0.1) is 0 Å². The number of benzene rings is 2. The van der Waals surface area contributed by atoms with Gasteiger partial charge in [0.1, 0.15) is 5.37 Å². The molecule has 1 saturated heterocycles. The van der Waals surface area contributed by atoms with E-state index in [1.165, 1.54) is 26.0 Å². The topological polar surface area (TPSA) is 55.8 Å². The minimum atomic E-state index is -1.70. The molecule has 0 aromatic heterocycles. The molecule has 146 valence electrons. The third-order valence-electron chi connectivity index (χ3n) is 4.69. The number of ether oxygens (including phenoxy) is 2. The molecule has 0 spiro atoms. The fourth-order valence-corrected chi connectivity index (χ4v) is 5.10. The molecule has 2 aromatic carbocycles. The molecule has 6 heteroatoms. The number of allylic oxidation sites excluding steroid dienone is 1. The monoisotopic (exact) mass is 397 g/mol. The molecule has 3 rings (SSSR count). The highest BCUT2D eigenvalue weighted by atomic mass is 32.2. The first kappa shape index (κ1) is 20.0. The van der Waals surface area contributed by atoms with E-state index in [0.29, 0.717) is 4.91 Å². The third-order valence-corrected chi connectivity index (χ3v) is 6.33. The van der Waals surface area contributed by atoms with E-state index in [-0.39, 0.29) is 5.37 Å². The maximum atomic E-state index is 13.2. The molecule has 5 nitrogen and oxygen atoms in total. The van der Waals surface area contributed by atoms with Crippen LogP contribution in [0.4, 0.5) is 5.69 Å². The van der Waals surface area contributed by atoms with Gasteiger partial charge in [-0.3, -0.25) is 0 Å². The fourth-order valence-electron chi connectivity index (χ4n) is 3.53. The van der Waals surface area contributed by atoms with Crippen molar-refractivity contribution in [3.63, 3.8) is 0 Å². The number of thioether (sulfide) groups is 1. The normalized spacial score (nSPS) is 17.9. The van der Waals surface area contributed by atoms with Gasteiger partial charge in [0.2, 0.25) is 0 Å². The summed E-state index contributed by atoms with van der Waals surface area (Å²) in [6.45, 7) is 3.78. The van der Waals surface area contributed by atoms with Gasteiger partial charge in [0.15, 0.2) is 0 Å². The first-order valence-corrected chi connectivity index (χ1v) is 9.77. The summed E-state index contributed by atoms with van der Waals surface area (Å²) in [5.41, 5.74) is 0.871. The van der Waals surface area contributed by atoms with Gasteiger partial charge in [0, 0.05) is 10.6 Å². The Bertz CT molecular complexity index is 875. The zero-order valence-corrected chi connectivity index (χ0v) is 17.2. The minimum Gasteiger partial charge on any atom is -0.467 e. The number of esters is 2. The predicted molar refractivity (Wildman–Crippen MR) is 111 cm³/mol. The van der Waals surface area contributed by atoms with Crippen LogP contribution >= 0.6 is 11.8 Å². The van der Waals surface area contributed by atoms with Crippen LogP contribution in [0.25, 0.3) is 0 Å². The van der Waals surface area contributed by atoms with Crippen LogP contribution in [-0.2, 0) is 19.1 Å². The molecule has 1 fully saturated rings. The number of anilines is 1. The molecule has 1 atom stereocenters. The van der Waals surface area contributed by atoms with Crippen molar-refractivity contribution >= 4 is 29.4 Å². The van der Waals surface area contributed by atoms with Crippen LogP contribution in [0.1, 0.15) is 24.8 Å². The number of carbonyl (C=O) groups is 2. The summed E-state index contributed by atoms with van der Waals surface area (Å²) in [5.74, 6) is -1.32. The summed E-state index contributed by atoms with van der Waals surface area (Å²) in [6, 6.07) is 19.2. The number of methoxy groups -OCH3 is 2. The molecule has 1 aliphatic rings. The van der Waals surface area contributed by atoms with Crippen molar-refractivity contribution in [1.82, 2.24) is 0 Å². The second-order valence-corrected chi connectivity index (χ2v) is 7.70. The van der Waals surface area contributed by atoms with Crippen LogP contribution in [0.5, 0.6) is 0 Å². The molecule has 0 N–H and O–H groups in total. The van der Waals surface area contributed by atoms with E-state index in [4.69, 9.17) is 9.47 Å². The first-order valence-electron chi connectivity index (χ1n) is 8.89. The molecule has 28 heavy (non-hydrogen) atoms. The van der Waals surface area contributed by atoms with Crippen molar-refractivity contribution in [2.45, 2.75) is 24.8 Å². The van der Waals surface area contributed by atoms with Crippen LogP contribution in [0.15, 0.2) is 71.1 Å². The standard InChI is InChI=1S/C22H23NO4S/c1-15(2)18-22(20(24)26-3,21(25)27-4)23(17-13-9-6-10-14-17)19(28-18)16-11-7-5-8-12-16/h5-14,19H,1-4H3. The minimum absolute atomic E-state index is 0.299. The smallest absolute Gasteiger partial charge is 0.349 e. The summed E-state index contributed by atoms with van der Waals surface area (Å²) in [4.78, 5) is 28.8. The van der Waals surface area contributed by atoms with E-state index in [0.717, 1.165) is 16.8 Å². The van der Waals surface area contributed by atoms with Gasteiger partial charge < -0.3 is 14.4 Å². The number of rotatable bonds is 4. The molecule has 0 amide bonds. The Balaban J connectivity index is 2.36. The largest absolute Gasteiger partial charge is 0.467 e. The Morgan fingerprint density at radius 2 is 1.39 bits per heavy atom. The van der Waals surface area contributed by atoms with Crippen molar-refractivity contribution in [2.24, 2.45) is 0 Å². The molecule has 0 radical (unpaired) electrons. The van der Waals surface area contributed by atoms with Crippen LogP contribution < -0.4 is 4.90 Å². The number of nitrogens with zero attached hydrogens (tertiary/aromatic N) is 1. The average molecular weight is 397 g/mol. The first-order chi connectivity index (χ1) is 13.5. The van der Waals surface area contributed by atoms with Crippen molar-refractivity contribution in [2.75, 3.05) is 19.1 Å². The van der Waals surface area contributed by atoms with Gasteiger partial charge in [-0.25, -0.2) is 9.59 Å². The van der Waals surface area contributed by atoms with Crippen molar-refractivity contribution in [3.8, 4) is 0 Å². The Morgan fingerprint density at radius 3 is 1.86 bits per heavy atom. The van der Waals surface area contributed by atoms with Crippen molar-refractivity contribution in [3.05, 3.63) is 76.7 Å². The number of hydrogen-bond donors (Lipinski definition) is 0. The Labute approximate surface area is 169 Å². The number of carbonyl (C=O) groups excluding carboxylic acids is 2. The molecular weight excluding hydrogens is 374 g/mol. The summed E-state index contributed by atoms with van der Waals surface area (Å²) in [6.07, 6.45) is 0. The van der Waals surface area contributed by atoms with Gasteiger partial charge in [-0.05, 0) is 31.5 Å². The van der Waals surface area contributed by atoms with Gasteiger partial charge in [-0.2, -0.15) is 0 Å². The third kappa shape index (κ3) is 3.07. The lowest BCUT2D eigenvalue weighted by Gasteiger charge is -2.38. The zero-order chi connectivity index (χ0) is 20.3. The van der Waals surface area contributed by atoms with Crippen molar-refractivity contribution < 1.29 is 19.1 Å². The molecule has 1 heterocycles. The SMILES string of the molecule is COC(=O)C1(C(=O)OC)C(=C(C)C)SC(c2ccccc2)N1c1ccccc1. The van der Waals surface area contributed by atoms with Gasteiger partial charge >= 0.3 is 11.9 Å². The number of hydrogen-bond acceptors (Lipinski definition) is 6. The maximum Gasteiger partial charge on any atom is 0.349 e. The zero-order valence-electron chi connectivity index (χ0n) is 16.3. The average Bonchev–Trinajstić information content (AvgIpc) is 3.11. The molecule has 1 aliphatic heterocycles. The summed E-state index contributed by atoms with van der Waals surface area (Å²) in [7, 11) is 2.58. The highest BCUT2D eigenvalue weighted by molar-refractivity contribution is 8.04. The molecule has 0 bridgehead atoms. The lowest BCUT2D eigenvalue weighted by Crippen LogP contribution is -2.59. The Kier molecular flexibility index (Phi) is 5.79. The molecule has 2 aromatic rings. The Hall–Kier alpha value is -2.73. The van der Waals surface area contributed by atoms with Gasteiger partial charge in [0.25, 0.3) is 5.54 Å². The van der Waals surface area contributed by atoms with E-state index in [1.807, 2.05) is 79.4 Å². The molecule has 1 unspecified atom stereocenters. The lowest BCUT2D eigenvalue weighted by atomic mass is 9.92. The Morgan fingerprint density at radius 1 is 0.893 bits per heavy atom. The lowest BCUT2D eigenvalue weighted by molar-refractivity contribution is -0.158. The highest BCUT2D eigenvalue weighted by Crippen LogP contribution is 2.57. The molecule has 0 aliphatic carbocycles. The van der Waals surface area contributed by atoms with Crippen LogP contribution in [-0.4, -0.2) is 31.7 Å². The fraction of sp³-hybridized carbons (Fsp3) is 0.273. The van der Waals surface area contributed by atoms with Crippen LogP contribution in [0, 0.1) is 0 Å². The highest BCUT2D eigenvalue weighted by Gasteiger charge is 2.64. The van der Waals surface area contributed by atoms with E-state index >= 15 is 0 Å². The molecule has 0 saturated carbocycles. The summed E-state index contributed by atoms with van der Waals surface area (Å²) < 4.78 is 10.3. The van der Waals surface area contributed by atoms with Crippen LogP contribution in [0.3, 0.4) is 0 Å². The summed E-state index contributed by atoms with van der Waals surface area (Å²) >= 11 is 1.47. The van der Waals surface area contributed by atoms with Crippen molar-refractivity contribution in [1.29, 1.82) is 0 Å². The van der Waals surface area contributed by atoms with E-state index < -0.39 is 17.5 Å². The van der Waals surface area contributed by atoms with E-state index in [2.05, 4.69) is 0 Å². The van der Waals surface area contributed by atoms with Gasteiger partial charge in [-0.1, -0.05) is 65.9 Å². The quantitative estimate of drug-likeness (QED) is 0.566. The van der Waals surface area contributed by atoms with E-state index in [1.54, 1.807) is 0 Å². The second kappa shape index (κ2) is 8.10. The number of para-hydroxylation sites is 1. The predicted octanol–water partition coefficient (Wildman–Crippen LogP) is 4.32. The second-order valence-electron chi connectivity index (χ2n) is 6.61.